The van der Waals surface area contributed by atoms with E-state index in [2.05, 4.69) is 4.98 Å². The molecule has 3 aromatic carbocycles. The average Bonchev–Trinajstić information content (AvgIpc) is 2.86. The van der Waals surface area contributed by atoms with Crippen molar-refractivity contribution in [2.75, 3.05) is 6.79 Å². The third-order valence-electron chi connectivity index (χ3n) is 5.35. The van der Waals surface area contributed by atoms with Crippen molar-refractivity contribution in [1.29, 1.82) is 0 Å². The molecule has 8 nitrogen and oxygen atoms in total. The third kappa shape index (κ3) is 4.11. The number of hydrogen-bond acceptors (Lipinski definition) is 7. The van der Waals surface area contributed by atoms with Crippen molar-refractivity contribution in [3.05, 3.63) is 99.6 Å². The topological polar surface area (TPSA) is 101 Å². The highest BCUT2D eigenvalue weighted by atomic mass is 16.7. The summed E-state index contributed by atoms with van der Waals surface area (Å²) in [4.78, 5) is 28.7. The Bertz CT molecular complexity index is 1370. The minimum absolute atomic E-state index is 0.0290. The molecule has 0 amide bonds. The van der Waals surface area contributed by atoms with E-state index in [0.29, 0.717) is 39.0 Å². The Morgan fingerprint density at radius 3 is 2.67 bits per heavy atom. The Hall–Kier alpha value is -4.30. The number of benzene rings is 3. The van der Waals surface area contributed by atoms with Crippen molar-refractivity contribution in [3.63, 3.8) is 0 Å². The molecule has 164 valence electrons. The van der Waals surface area contributed by atoms with Gasteiger partial charge in [-0.1, -0.05) is 48.5 Å². The van der Waals surface area contributed by atoms with Gasteiger partial charge in [-0.3, -0.25) is 10.1 Å². The van der Waals surface area contributed by atoms with Gasteiger partial charge in [0.2, 0.25) is 0 Å². The van der Waals surface area contributed by atoms with Gasteiger partial charge in [0, 0.05) is 34.2 Å². The number of nitro benzene ring substituents is 1. The number of esters is 1. The first kappa shape index (κ1) is 20.6. The fraction of sp³-hybridized carbons (Fsp3) is 0.120. The normalized spacial score (nSPS) is 12.6. The standard InChI is InChI=1S/C25H18N2O6/c28-25(32-14-18-11-19(27(29)30)10-17-13-31-15-33-24(17)18)21-12-23(16-6-2-1-3-7-16)26-22-9-5-4-8-20(21)22/h1-12H,13-15H2. The number of pyridine rings is 1. The molecular weight excluding hydrogens is 424 g/mol. The smallest absolute Gasteiger partial charge is 0.339 e. The summed E-state index contributed by atoms with van der Waals surface area (Å²) >= 11 is 0. The van der Waals surface area contributed by atoms with Gasteiger partial charge < -0.3 is 14.2 Å². The van der Waals surface area contributed by atoms with E-state index in [1.165, 1.54) is 12.1 Å². The molecule has 0 N–H and O–H groups in total. The maximum Gasteiger partial charge on any atom is 0.339 e. The number of ether oxygens (including phenoxy) is 3. The van der Waals surface area contributed by atoms with Crippen LogP contribution in [0, 0.1) is 10.1 Å². The predicted octanol–water partition coefficient (Wildman–Crippen LogP) is 5.03. The summed E-state index contributed by atoms with van der Waals surface area (Å²) in [5.74, 6) is -0.109. The highest BCUT2D eigenvalue weighted by molar-refractivity contribution is 6.04. The van der Waals surface area contributed by atoms with E-state index in [-0.39, 0.29) is 25.7 Å². The minimum Gasteiger partial charge on any atom is -0.467 e. The molecule has 0 fully saturated rings. The lowest BCUT2D eigenvalue weighted by Gasteiger charge is -2.20. The lowest BCUT2D eigenvalue weighted by molar-refractivity contribution is -0.385. The highest BCUT2D eigenvalue weighted by Gasteiger charge is 2.23. The molecule has 0 aliphatic carbocycles. The summed E-state index contributed by atoms with van der Waals surface area (Å²) in [7, 11) is 0. The molecule has 0 atom stereocenters. The highest BCUT2D eigenvalue weighted by Crippen LogP contribution is 2.33. The summed E-state index contributed by atoms with van der Waals surface area (Å²) < 4.78 is 16.4. The molecule has 0 saturated carbocycles. The number of hydrogen-bond donors (Lipinski definition) is 0. The van der Waals surface area contributed by atoms with Crippen LogP contribution in [0.4, 0.5) is 5.69 Å². The molecule has 8 heteroatoms. The minimum atomic E-state index is -0.557. The lowest BCUT2D eigenvalue weighted by atomic mass is 10.0. The largest absolute Gasteiger partial charge is 0.467 e. The molecule has 5 rings (SSSR count). The fourth-order valence-corrected chi connectivity index (χ4v) is 3.82. The van der Waals surface area contributed by atoms with E-state index in [4.69, 9.17) is 14.2 Å². The second-order valence-electron chi connectivity index (χ2n) is 7.48. The van der Waals surface area contributed by atoms with Gasteiger partial charge in [0.15, 0.2) is 6.79 Å². The maximum atomic E-state index is 13.2. The molecule has 0 saturated heterocycles. The van der Waals surface area contributed by atoms with Crippen LogP contribution >= 0.6 is 0 Å². The fourth-order valence-electron chi connectivity index (χ4n) is 3.82. The number of carbonyl (C=O) groups is 1. The summed E-state index contributed by atoms with van der Waals surface area (Å²) in [6, 6.07) is 21.3. The first-order valence-electron chi connectivity index (χ1n) is 10.2. The van der Waals surface area contributed by atoms with Crippen LogP contribution in [0.3, 0.4) is 0 Å². The Balaban J connectivity index is 1.49. The lowest BCUT2D eigenvalue weighted by Crippen LogP contribution is -2.15. The zero-order chi connectivity index (χ0) is 22.8. The summed E-state index contributed by atoms with van der Waals surface area (Å²) in [6.07, 6.45) is 0. The second kappa shape index (κ2) is 8.68. The van der Waals surface area contributed by atoms with Crippen LogP contribution in [0.2, 0.25) is 0 Å². The summed E-state index contributed by atoms with van der Waals surface area (Å²) in [5.41, 5.74) is 3.39. The molecule has 0 bridgehead atoms. The van der Waals surface area contributed by atoms with Crippen LogP contribution in [-0.2, 0) is 22.7 Å². The van der Waals surface area contributed by atoms with Gasteiger partial charge in [-0.15, -0.1) is 0 Å². The van der Waals surface area contributed by atoms with E-state index in [9.17, 15) is 14.9 Å². The molecule has 1 aliphatic heterocycles. The summed E-state index contributed by atoms with van der Waals surface area (Å²) in [5, 5.41) is 12.0. The van der Waals surface area contributed by atoms with Crippen LogP contribution in [0.25, 0.3) is 22.2 Å². The van der Waals surface area contributed by atoms with Crippen molar-refractivity contribution in [2.24, 2.45) is 0 Å². The van der Waals surface area contributed by atoms with Gasteiger partial charge in [-0.25, -0.2) is 9.78 Å². The van der Waals surface area contributed by atoms with Gasteiger partial charge in [0.25, 0.3) is 5.69 Å². The molecule has 2 heterocycles. The predicted molar refractivity (Wildman–Crippen MR) is 120 cm³/mol. The van der Waals surface area contributed by atoms with Crippen LogP contribution in [0.5, 0.6) is 5.75 Å². The van der Waals surface area contributed by atoms with Crippen LogP contribution in [0.1, 0.15) is 21.5 Å². The van der Waals surface area contributed by atoms with E-state index >= 15 is 0 Å². The van der Waals surface area contributed by atoms with Crippen LogP contribution < -0.4 is 4.74 Å². The van der Waals surface area contributed by atoms with Crippen molar-refractivity contribution in [2.45, 2.75) is 13.2 Å². The Labute approximate surface area is 188 Å². The Morgan fingerprint density at radius 2 is 1.85 bits per heavy atom. The third-order valence-corrected chi connectivity index (χ3v) is 5.35. The van der Waals surface area contributed by atoms with Crippen molar-refractivity contribution < 1.29 is 23.9 Å². The first-order valence-corrected chi connectivity index (χ1v) is 10.2. The quantitative estimate of drug-likeness (QED) is 0.243. The van der Waals surface area contributed by atoms with Crippen molar-refractivity contribution in [3.8, 4) is 17.0 Å². The Kier molecular flexibility index (Phi) is 5.42. The van der Waals surface area contributed by atoms with Gasteiger partial charge in [0.1, 0.15) is 12.4 Å². The Morgan fingerprint density at radius 1 is 1.06 bits per heavy atom. The molecular formula is C25H18N2O6. The number of para-hydroxylation sites is 1. The number of fused-ring (bicyclic) bond motifs is 2. The molecule has 4 aromatic rings. The van der Waals surface area contributed by atoms with E-state index in [0.717, 1.165) is 5.56 Å². The van der Waals surface area contributed by atoms with E-state index in [1.54, 1.807) is 6.07 Å². The number of aromatic nitrogens is 1. The maximum absolute atomic E-state index is 13.2. The van der Waals surface area contributed by atoms with Crippen LogP contribution in [0.15, 0.2) is 72.8 Å². The van der Waals surface area contributed by atoms with Crippen molar-refractivity contribution >= 4 is 22.6 Å². The van der Waals surface area contributed by atoms with E-state index < -0.39 is 10.9 Å². The van der Waals surface area contributed by atoms with Gasteiger partial charge in [-0.2, -0.15) is 0 Å². The number of nitro groups is 1. The monoisotopic (exact) mass is 442 g/mol. The van der Waals surface area contributed by atoms with Crippen LogP contribution in [-0.4, -0.2) is 22.7 Å². The second-order valence-corrected chi connectivity index (χ2v) is 7.48. The molecule has 0 unspecified atom stereocenters. The van der Waals surface area contributed by atoms with Gasteiger partial charge in [0.05, 0.1) is 28.3 Å². The molecule has 0 radical (unpaired) electrons. The number of nitrogens with zero attached hydrogens (tertiary/aromatic N) is 2. The van der Waals surface area contributed by atoms with E-state index in [1.807, 2.05) is 54.6 Å². The molecule has 1 aromatic heterocycles. The van der Waals surface area contributed by atoms with Crippen molar-refractivity contribution in [1.82, 2.24) is 4.98 Å². The van der Waals surface area contributed by atoms with Gasteiger partial charge >= 0.3 is 5.97 Å². The SMILES string of the molecule is O=C(OCc1cc([N+](=O)[O-])cc2c1OCOC2)c1cc(-c2ccccc2)nc2ccccc12. The number of carbonyl (C=O) groups excluding carboxylic acids is 1. The molecule has 1 aliphatic rings. The summed E-state index contributed by atoms with van der Waals surface area (Å²) in [6.45, 7) is 0.0364. The zero-order valence-electron chi connectivity index (χ0n) is 17.4. The number of non-ortho nitro benzene ring substituents is 1. The first-order chi connectivity index (χ1) is 16.1. The molecule has 33 heavy (non-hydrogen) atoms. The zero-order valence-corrected chi connectivity index (χ0v) is 17.4. The average molecular weight is 442 g/mol. The molecule has 0 spiro atoms. The number of rotatable bonds is 5. The van der Waals surface area contributed by atoms with Gasteiger partial charge in [-0.05, 0) is 12.1 Å².